The van der Waals surface area contributed by atoms with Gasteiger partial charge in [0.25, 0.3) is 0 Å². The van der Waals surface area contributed by atoms with Gasteiger partial charge in [0.15, 0.2) is 0 Å². The first-order valence-electron chi connectivity index (χ1n) is 3.77. The van der Waals surface area contributed by atoms with Crippen LogP contribution in [0.5, 0.6) is 0 Å². The second-order valence-corrected chi connectivity index (χ2v) is 2.63. The summed E-state index contributed by atoms with van der Waals surface area (Å²) >= 11 is 0. The maximum absolute atomic E-state index is 3.87. The molecule has 0 aliphatic rings. The Balaban J connectivity index is 4.37. The summed E-state index contributed by atoms with van der Waals surface area (Å²) in [7, 11) is 1.88. The van der Waals surface area contributed by atoms with Crippen LogP contribution in [0, 0.1) is 0 Å². The average molecular weight is 151 g/mol. The molecule has 1 nitrogen and oxygen atoms in total. The molecule has 0 aliphatic heterocycles. The van der Waals surface area contributed by atoms with Gasteiger partial charge in [-0.25, -0.2) is 0 Å². The molecule has 0 aliphatic carbocycles. The predicted octanol–water partition coefficient (Wildman–Crippen LogP) is 2.63. The minimum absolute atomic E-state index is 0.937. The second-order valence-electron chi connectivity index (χ2n) is 2.63. The third-order valence-electron chi connectivity index (χ3n) is 1.85. The van der Waals surface area contributed by atoms with Crippen LogP contribution in [0.25, 0.3) is 0 Å². The van der Waals surface area contributed by atoms with Gasteiger partial charge in [0, 0.05) is 12.7 Å². The van der Waals surface area contributed by atoms with Crippen LogP contribution in [-0.4, -0.2) is 7.05 Å². The van der Waals surface area contributed by atoms with Gasteiger partial charge in [-0.05, 0) is 25.8 Å². The lowest BCUT2D eigenvalue weighted by molar-refractivity contribution is 0.982. The normalized spacial score (nSPS) is 11.9. The maximum Gasteiger partial charge on any atom is 0.0293 e. The van der Waals surface area contributed by atoms with Gasteiger partial charge in [-0.1, -0.05) is 18.2 Å². The highest BCUT2D eigenvalue weighted by molar-refractivity contribution is 5.29. The van der Waals surface area contributed by atoms with Crippen molar-refractivity contribution in [3.05, 3.63) is 36.1 Å². The van der Waals surface area contributed by atoms with Gasteiger partial charge >= 0.3 is 0 Å². The minimum atomic E-state index is 0.937. The van der Waals surface area contributed by atoms with Gasteiger partial charge < -0.3 is 5.32 Å². The molecule has 0 aromatic carbocycles. The Morgan fingerprint density at radius 3 is 2.36 bits per heavy atom. The quantitative estimate of drug-likeness (QED) is 0.481. The molecule has 0 radical (unpaired) electrons. The molecule has 0 aromatic heterocycles. The van der Waals surface area contributed by atoms with Crippen molar-refractivity contribution < 1.29 is 0 Å². The third-order valence-corrected chi connectivity index (χ3v) is 1.85. The monoisotopic (exact) mass is 151 g/mol. The molecule has 0 saturated carbocycles. The number of hydrogen-bond acceptors (Lipinski definition) is 1. The van der Waals surface area contributed by atoms with Gasteiger partial charge in [0.05, 0.1) is 0 Å². The number of rotatable bonds is 4. The molecule has 0 fully saturated rings. The van der Waals surface area contributed by atoms with Gasteiger partial charge in [-0.2, -0.15) is 0 Å². The lowest BCUT2D eigenvalue weighted by Crippen LogP contribution is -2.06. The van der Waals surface area contributed by atoms with E-state index in [1.165, 1.54) is 11.1 Å². The van der Waals surface area contributed by atoms with Crippen LogP contribution < -0.4 is 5.32 Å². The van der Waals surface area contributed by atoms with Crippen LogP contribution >= 0.6 is 0 Å². The van der Waals surface area contributed by atoms with Crippen LogP contribution in [0.4, 0.5) is 0 Å². The van der Waals surface area contributed by atoms with Crippen molar-refractivity contribution in [3.63, 3.8) is 0 Å². The summed E-state index contributed by atoms with van der Waals surface area (Å²) in [6.07, 6.45) is 2.84. The molecule has 0 bridgehead atoms. The van der Waals surface area contributed by atoms with Crippen molar-refractivity contribution in [2.75, 3.05) is 7.05 Å². The first-order valence-corrected chi connectivity index (χ1v) is 3.77. The van der Waals surface area contributed by atoms with E-state index in [0.717, 1.165) is 12.1 Å². The van der Waals surface area contributed by atoms with Crippen molar-refractivity contribution >= 4 is 0 Å². The van der Waals surface area contributed by atoms with E-state index >= 15 is 0 Å². The lowest BCUT2D eigenvalue weighted by Gasteiger charge is -2.08. The molecule has 0 heterocycles. The molecular formula is C10H17N. The molecule has 0 spiro atoms. The molecule has 62 valence electrons. The van der Waals surface area contributed by atoms with Gasteiger partial charge in [-0.3, -0.25) is 0 Å². The largest absolute Gasteiger partial charge is 0.388 e. The molecule has 1 heteroatoms. The molecule has 1 N–H and O–H groups in total. The van der Waals surface area contributed by atoms with Crippen molar-refractivity contribution in [1.29, 1.82) is 0 Å². The minimum Gasteiger partial charge on any atom is -0.388 e. The van der Waals surface area contributed by atoms with E-state index in [1.54, 1.807) is 0 Å². The standard InChI is InChI=1S/C10H17N/c1-6-7-8(2)9(3)10(4)11-5/h6,11H,1,4,7H2,2-3,5H3/b9-8-. The Bertz CT molecular complexity index is 187. The zero-order chi connectivity index (χ0) is 8.85. The number of nitrogens with one attached hydrogen (secondary N) is 1. The molecular weight excluding hydrogens is 134 g/mol. The van der Waals surface area contributed by atoms with Crippen LogP contribution in [0.1, 0.15) is 20.3 Å². The van der Waals surface area contributed by atoms with E-state index in [4.69, 9.17) is 0 Å². The van der Waals surface area contributed by atoms with Crippen molar-refractivity contribution in [2.24, 2.45) is 0 Å². The highest BCUT2D eigenvalue weighted by atomic mass is 14.8. The summed E-state index contributed by atoms with van der Waals surface area (Å²) in [4.78, 5) is 0. The Morgan fingerprint density at radius 2 is 2.00 bits per heavy atom. The van der Waals surface area contributed by atoms with Gasteiger partial charge in [-0.15, -0.1) is 6.58 Å². The van der Waals surface area contributed by atoms with E-state index < -0.39 is 0 Å². The first kappa shape index (κ1) is 10.0. The Morgan fingerprint density at radius 1 is 1.45 bits per heavy atom. The van der Waals surface area contributed by atoms with Crippen molar-refractivity contribution in [1.82, 2.24) is 5.32 Å². The Kier molecular flexibility index (Phi) is 4.35. The summed E-state index contributed by atoms with van der Waals surface area (Å²) < 4.78 is 0. The van der Waals surface area contributed by atoms with Crippen molar-refractivity contribution in [2.45, 2.75) is 20.3 Å². The molecule has 0 unspecified atom stereocenters. The number of allylic oxidation sites excluding steroid dienone is 3. The summed E-state index contributed by atoms with van der Waals surface area (Å²) in [6, 6.07) is 0. The molecule has 0 aromatic rings. The first-order chi connectivity index (χ1) is 5.13. The lowest BCUT2D eigenvalue weighted by atomic mass is 10.1. The molecule has 0 atom stereocenters. The number of hydrogen-bond donors (Lipinski definition) is 1. The van der Waals surface area contributed by atoms with E-state index in [2.05, 4.69) is 32.3 Å². The van der Waals surface area contributed by atoms with Crippen LogP contribution in [-0.2, 0) is 0 Å². The van der Waals surface area contributed by atoms with Gasteiger partial charge in [0.2, 0.25) is 0 Å². The summed E-state index contributed by atoms with van der Waals surface area (Å²) in [5.74, 6) is 0. The number of likely N-dealkylation sites (N-methyl/N-ethyl adjacent to an activating group) is 1. The van der Waals surface area contributed by atoms with E-state index in [0.29, 0.717) is 0 Å². The Labute approximate surface area is 69.5 Å². The van der Waals surface area contributed by atoms with Crippen LogP contribution in [0.2, 0.25) is 0 Å². The smallest absolute Gasteiger partial charge is 0.0293 e. The molecule has 0 saturated heterocycles. The summed E-state index contributed by atoms with van der Waals surface area (Å²) in [6.45, 7) is 11.7. The van der Waals surface area contributed by atoms with Crippen LogP contribution in [0.3, 0.4) is 0 Å². The third kappa shape index (κ3) is 3.08. The molecule has 0 rings (SSSR count). The second kappa shape index (κ2) is 4.78. The SMILES string of the molecule is C=CC/C(C)=C(/C)C(=C)NC. The van der Waals surface area contributed by atoms with Crippen molar-refractivity contribution in [3.8, 4) is 0 Å². The van der Waals surface area contributed by atoms with E-state index in [9.17, 15) is 0 Å². The fourth-order valence-corrected chi connectivity index (χ4v) is 0.815. The highest BCUT2D eigenvalue weighted by Crippen LogP contribution is 2.12. The Hall–Kier alpha value is -0.980. The zero-order valence-electron chi connectivity index (χ0n) is 7.70. The highest BCUT2D eigenvalue weighted by Gasteiger charge is 1.96. The topological polar surface area (TPSA) is 12.0 Å². The predicted molar refractivity (Wildman–Crippen MR) is 51.4 cm³/mol. The molecule has 0 amide bonds. The van der Waals surface area contributed by atoms with E-state index in [-0.39, 0.29) is 0 Å². The summed E-state index contributed by atoms with van der Waals surface area (Å²) in [5, 5.41) is 3.02. The fourth-order valence-electron chi connectivity index (χ4n) is 0.815. The molecule has 11 heavy (non-hydrogen) atoms. The van der Waals surface area contributed by atoms with E-state index in [1.807, 2.05) is 13.1 Å². The van der Waals surface area contributed by atoms with Gasteiger partial charge in [0.1, 0.15) is 0 Å². The zero-order valence-corrected chi connectivity index (χ0v) is 7.70. The summed E-state index contributed by atoms with van der Waals surface area (Å²) in [5.41, 5.74) is 3.54. The average Bonchev–Trinajstić information content (AvgIpc) is 2.02. The fraction of sp³-hybridized carbons (Fsp3) is 0.400. The maximum atomic E-state index is 3.87. The van der Waals surface area contributed by atoms with Crippen LogP contribution in [0.15, 0.2) is 36.1 Å².